The topological polar surface area (TPSA) is 664 Å². The number of carbonyl (C=O) groups excluding carboxylic acids is 4. The van der Waals surface area contributed by atoms with E-state index in [4.69, 9.17) is 61.6 Å². The molecule has 35 atom stereocenters. The van der Waals surface area contributed by atoms with Gasteiger partial charge < -0.3 is 175 Å². The van der Waals surface area contributed by atoms with E-state index in [1.54, 1.807) is 0 Å². The van der Waals surface area contributed by atoms with Gasteiger partial charge >= 0.3 is 10.4 Å². The molecule has 0 spiro atoms. The molecule has 7 heterocycles. The zero-order valence-corrected chi connectivity index (χ0v) is 51.0. The van der Waals surface area contributed by atoms with Gasteiger partial charge in [-0.15, -0.1) is 0 Å². The summed E-state index contributed by atoms with van der Waals surface area (Å²) < 4.78 is 114. The molecule has 0 aromatic carbocycles. The maximum absolute atomic E-state index is 12.8. The Hall–Kier alpha value is -3.49. The van der Waals surface area contributed by atoms with Gasteiger partial charge in [-0.3, -0.25) is 23.7 Å². The highest BCUT2D eigenvalue weighted by Gasteiger charge is 2.60. The van der Waals surface area contributed by atoms with Crippen LogP contribution in [0.1, 0.15) is 27.7 Å². The largest absolute Gasteiger partial charge is 0.397 e. The van der Waals surface area contributed by atoms with Gasteiger partial charge in [0.05, 0.1) is 46.2 Å². The zero-order valence-electron chi connectivity index (χ0n) is 50.2. The number of nitrogens with one attached hydrogen (secondary N) is 4. The van der Waals surface area contributed by atoms with Crippen LogP contribution in [0.3, 0.4) is 0 Å². The number of amides is 4. The Kier molecular flexibility index (Phi) is 27.8. The third-order valence-corrected chi connectivity index (χ3v) is 16.8. The molecule has 7 rings (SSSR count). The second-order valence-corrected chi connectivity index (χ2v) is 24.2. The minimum Gasteiger partial charge on any atom is -0.394 e. The number of rotatable bonds is 25. The van der Waals surface area contributed by atoms with Crippen LogP contribution in [-0.4, -0.2) is 389 Å². The molecular weight excluding hydrogens is 1310 g/mol. The number of hydrogen-bond acceptors (Lipinski definition) is 38. The van der Waals surface area contributed by atoms with Gasteiger partial charge in [0.15, 0.2) is 44.0 Å². The Labute approximate surface area is 532 Å². The molecule has 0 unspecified atom stereocenters. The van der Waals surface area contributed by atoms with Gasteiger partial charge in [-0.1, -0.05) is 0 Å². The van der Waals surface area contributed by atoms with Crippen molar-refractivity contribution in [2.45, 2.75) is 242 Å². The Morgan fingerprint density at radius 2 is 0.670 bits per heavy atom. The van der Waals surface area contributed by atoms with Crippen molar-refractivity contribution < 1.29 is 190 Å². The smallest absolute Gasteiger partial charge is 0.394 e. The first kappa shape index (κ1) is 77.9. The Bertz CT molecular complexity index is 2580. The molecule has 544 valence electrons. The molecule has 0 aromatic rings. The average molecular weight is 1400 g/mol. The zero-order chi connectivity index (χ0) is 69.7. The third kappa shape index (κ3) is 18.1. The van der Waals surface area contributed by atoms with E-state index in [1.165, 1.54) is 0 Å². The monoisotopic (exact) mass is 1400 g/mol. The van der Waals surface area contributed by atoms with E-state index in [0.29, 0.717) is 0 Å². The normalized spacial score (nSPS) is 46.3. The molecule has 7 fully saturated rings. The fourth-order valence-electron chi connectivity index (χ4n) is 11.6. The summed E-state index contributed by atoms with van der Waals surface area (Å²) in [7, 11) is -5.33. The summed E-state index contributed by atoms with van der Waals surface area (Å²) in [5, 5.41) is 209. The van der Waals surface area contributed by atoms with E-state index in [0.717, 1.165) is 27.7 Å². The summed E-state index contributed by atoms with van der Waals surface area (Å²) in [5.41, 5.74) is 0. The van der Waals surface area contributed by atoms with Gasteiger partial charge in [0, 0.05) is 27.7 Å². The van der Waals surface area contributed by atoms with Crippen molar-refractivity contribution in [1.29, 1.82) is 0 Å². The van der Waals surface area contributed by atoms with E-state index in [1.807, 2.05) is 0 Å². The maximum atomic E-state index is 12.8. The predicted molar refractivity (Wildman–Crippen MR) is 289 cm³/mol. The third-order valence-electron chi connectivity index (χ3n) is 16.3. The van der Waals surface area contributed by atoms with Crippen molar-refractivity contribution in [3.63, 3.8) is 0 Å². The lowest BCUT2D eigenvalue weighted by Gasteiger charge is -2.51. The molecule has 43 nitrogen and oxygen atoms in total. The molecule has 0 aliphatic carbocycles. The van der Waals surface area contributed by atoms with E-state index >= 15 is 0 Å². The molecule has 44 heteroatoms. The fraction of sp³-hybridized carbons (Fsp3) is 0.920. The number of ether oxygens (including phenoxy) is 13. The highest BCUT2D eigenvalue weighted by atomic mass is 32.3. The SMILES string of the molecule is CC(=O)N[C@@H]1[C@@H](O)[C@H](O[C@@H]2O[C@H](CO)[C@@H](O[C@@H]3O[C@H](CO[C@H]4O[C@H](CO)[C@@H](O)[C@H](O)[C@@H]4O)[C@@H](O)[C@H](O[C@H]4O[C@H](CO)[C@@H](O[C@@H]5O[C@H](CO)[C@@H](O)[C@H](O)[C@H]5NC(C)=O)[C@H](O)[C@@H]4O[C@@H]4O[C@H](COS(=O)(=O)O)[C@@H](O)[C@H](O)[C@H]4NC(C)=O)[C@@H]3O)[C@H](O)[C@H]2NC(C)=O)[C@@H](CO)O[C@H]1O. The summed E-state index contributed by atoms with van der Waals surface area (Å²) in [6.07, 6.45) is -64.7. The summed E-state index contributed by atoms with van der Waals surface area (Å²) in [5.74, 6) is -3.52. The van der Waals surface area contributed by atoms with Crippen LogP contribution in [0.4, 0.5) is 0 Å². The average Bonchev–Trinajstić information content (AvgIpc) is 0.769. The van der Waals surface area contributed by atoms with Gasteiger partial charge in [0.25, 0.3) is 0 Å². The lowest BCUT2D eigenvalue weighted by atomic mass is 9.93. The molecule has 23 N–H and O–H groups in total. The molecule has 0 bridgehead atoms. The highest BCUT2D eigenvalue weighted by Crippen LogP contribution is 2.39. The van der Waals surface area contributed by atoms with Crippen molar-refractivity contribution in [1.82, 2.24) is 21.3 Å². The second kappa shape index (κ2) is 33.6. The van der Waals surface area contributed by atoms with E-state index in [-0.39, 0.29) is 0 Å². The van der Waals surface area contributed by atoms with Crippen LogP contribution in [0.25, 0.3) is 0 Å². The van der Waals surface area contributed by atoms with Gasteiger partial charge in [-0.05, 0) is 0 Å². The van der Waals surface area contributed by atoms with Gasteiger partial charge in [0.2, 0.25) is 23.6 Å². The summed E-state index contributed by atoms with van der Waals surface area (Å²) in [6, 6.07) is -7.24. The van der Waals surface area contributed by atoms with Crippen LogP contribution in [0, 0.1) is 0 Å². The Morgan fingerprint density at radius 3 is 1.15 bits per heavy atom. The summed E-state index contributed by atoms with van der Waals surface area (Å²) >= 11 is 0. The van der Waals surface area contributed by atoms with Crippen molar-refractivity contribution in [3.05, 3.63) is 0 Å². The number of aliphatic hydroxyl groups is 18. The maximum Gasteiger partial charge on any atom is 0.397 e. The predicted octanol–water partition coefficient (Wildman–Crippen LogP) is -15.9. The Balaban J connectivity index is 1.28. The molecule has 94 heavy (non-hydrogen) atoms. The number of carbonyl (C=O) groups is 4. The molecule has 7 aliphatic heterocycles. The van der Waals surface area contributed by atoms with Crippen LogP contribution < -0.4 is 21.3 Å². The van der Waals surface area contributed by atoms with Gasteiger partial charge in [0.1, 0.15) is 171 Å². The van der Waals surface area contributed by atoms with Crippen LogP contribution in [0.2, 0.25) is 0 Å². The lowest BCUT2D eigenvalue weighted by Crippen LogP contribution is -2.71. The molecule has 7 aliphatic rings. The van der Waals surface area contributed by atoms with Crippen LogP contribution in [0.15, 0.2) is 0 Å². The fourth-order valence-corrected chi connectivity index (χ4v) is 11.9. The number of hydrogen-bond donors (Lipinski definition) is 23. The first-order valence-electron chi connectivity index (χ1n) is 29.3. The summed E-state index contributed by atoms with van der Waals surface area (Å²) in [4.78, 5) is 49.9. The van der Waals surface area contributed by atoms with Crippen LogP contribution in [-0.2, 0) is 95.3 Å². The minimum absolute atomic E-state index is 0.767. The van der Waals surface area contributed by atoms with Gasteiger partial charge in [-0.2, -0.15) is 8.42 Å². The van der Waals surface area contributed by atoms with E-state index in [2.05, 4.69) is 25.5 Å². The molecular formula is C50H84N4O39S. The van der Waals surface area contributed by atoms with E-state index < -0.39 is 295 Å². The van der Waals surface area contributed by atoms with Crippen molar-refractivity contribution in [3.8, 4) is 0 Å². The highest BCUT2D eigenvalue weighted by molar-refractivity contribution is 7.80. The lowest BCUT2D eigenvalue weighted by molar-refractivity contribution is -0.402. The number of aliphatic hydroxyl groups excluding tert-OH is 18. The molecule has 7 saturated heterocycles. The van der Waals surface area contributed by atoms with Crippen molar-refractivity contribution in [2.24, 2.45) is 0 Å². The first-order valence-corrected chi connectivity index (χ1v) is 30.6. The van der Waals surface area contributed by atoms with E-state index in [9.17, 15) is 124 Å². The second-order valence-electron chi connectivity index (χ2n) is 23.1. The van der Waals surface area contributed by atoms with Crippen LogP contribution >= 0.6 is 0 Å². The quantitative estimate of drug-likeness (QED) is 0.0377. The van der Waals surface area contributed by atoms with Crippen LogP contribution in [0.5, 0.6) is 0 Å². The minimum atomic E-state index is -5.33. The molecule has 0 radical (unpaired) electrons. The molecule has 0 saturated carbocycles. The van der Waals surface area contributed by atoms with Crippen molar-refractivity contribution in [2.75, 3.05) is 46.2 Å². The van der Waals surface area contributed by atoms with Crippen molar-refractivity contribution >= 4 is 34.0 Å². The Morgan fingerprint density at radius 1 is 0.330 bits per heavy atom. The summed E-state index contributed by atoms with van der Waals surface area (Å²) in [6.45, 7) is -3.84. The first-order chi connectivity index (χ1) is 44.2. The standard InChI is InChI=1S/C50H84N4O39S/c1-12(60)51-23-33(70)39(18(7-57)82-44(23)76)89-47-26(54-15(4)63)34(71)40(19(8-58)85-47)91-49-38(75)42(30(67)21(88-49)10-80-48-36(73)35(72)28(65)17(6-56)84-48)92-50-43(93-46-25(53-14(3)62)32(69)29(66)22(87-46)11-81-94(77,78)79)37(74)41(20(9-59)86-50)90-45-24(52-13(2)61)31(68)27(64)16(5-55)83-45/h16-50,55-59,64-76H,5-11H2,1-4H3,(H,51,60)(H,52,61)(H,53,62)(H,54,63)(H,77,78,79)/t16-,17-,18-,19-,20-,21-,22-,23-,24-,25-,26-,27-,28-,29-,30-,31-,32-,33-,34-,35+,36+,37+,38+,39-,40-,41-,42+,43+,44-,45+,46+,47+,48+,49+,50-/m1/s1. The molecule has 0 aromatic heterocycles. The molecule has 4 amide bonds. The van der Waals surface area contributed by atoms with Gasteiger partial charge in [-0.25, -0.2) is 4.18 Å².